The smallest absolute Gasteiger partial charge is 0.119 e. The quantitative estimate of drug-likeness (QED) is 0.623. The van der Waals surface area contributed by atoms with E-state index in [2.05, 4.69) is 83.3 Å². The van der Waals surface area contributed by atoms with Crippen LogP contribution in [0.5, 0.6) is 5.75 Å². The molecular weight excluding hydrogens is 332 g/mol. The van der Waals surface area contributed by atoms with E-state index in [0.717, 1.165) is 25.4 Å². The Morgan fingerprint density at radius 2 is 1.74 bits per heavy atom. The molecule has 2 heterocycles. The molecule has 0 fully saturated rings. The number of ether oxygens (including phenoxy) is 1. The maximum absolute atomic E-state index is 5.64. The summed E-state index contributed by atoms with van der Waals surface area (Å²) in [6.07, 6.45) is 3.38. The minimum absolute atomic E-state index is 0.263. The molecule has 0 N–H and O–H groups in total. The van der Waals surface area contributed by atoms with E-state index in [1.54, 1.807) is 0 Å². The van der Waals surface area contributed by atoms with Gasteiger partial charge in [0.2, 0.25) is 0 Å². The fourth-order valence-corrected chi connectivity index (χ4v) is 4.03. The SMILES string of the molecule is CCOc1ccc([C@H]2c3cccn3CCCN2Cc2ccc(C)cc2)cc1. The summed E-state index contributed by atoms with van der Waals surface area (Å²) in [6, 6.07) is 22.3. The molecule has 0 saturated carbocycles. The molecule has 3 heteroatoms. The first-order chi connectivity index (χ1) is 13.2. The van der Waals surface area contributed by atoms with Crippen LogP contribution < -0.4 is 4.74 Å². The minimum atomic E-state index is 0.263. The normalized spacial score (nSPS) is 17.3. The van der Waals surface area contributed by atoms with Gasteiger partial charge in [-0.3, -0.25) is 4.90 Å². The number of aryl methyl sites for hydroxylation is 2. The van der Waals surface area contributed by atoms with Gasteiger partial charge in [-0.1, -0.05) is 42.0 Å². The molecule has 3 aromatic rings. The second kappa shape index (κ2) is 8.01. The molecule has 2 aromatic carbocycles. The number of benzene rings is 2. The molecule has 1 atom stereocenters. The van der Waals surface area contributed by atoms with Crippen LogP contribution in [0, 0.1) is 6.92 Å². The van der Waals surface area contributed by atoms with E-state index in [-0.39, 0.29) is 6.04 Å². The number of nitrogens with zero attached hydrogens (tertiary/aromatic N) is 2. The zero-order valence-electron chi connectivity index (χ0n) is 16.3. The first-order valence-corrected chi connectivity index (χ1v) is 9.92. The standard InChI is InChI=1S/C24H28N2O/c1-3-27-22-13-11-21(12-14-22)24-23-6-4-15-25(23)16-5-17-26(24)18-20-9-7-19(2)8-10-20/h4,6-15,24H,3,5,16-18H2,1-2H3/t24-/m0/s1. The van der Waals surface area contributed by atoms with Crippen molar-refractivity contribution in [3.05, 3.63) is 89.2 Å². The average molecular weight is 361 g/mol. The fraction of sp³-hybridized carbons (Fsp3) is 0.333. The van der Waals surface area contributed by atoms with Crippen molar-refractivity contribution in [2.45, 2.75) is 39.4 Å². The van der Waals surface area contributed by atoms with Crippen molar-refractivity contribution in [3.63, 3.8) is 0 Å². The first kappa shape index (κ1) is 17.9. The van der Waals surface area contributed by atoms with Gasteiger partial charge in [0.15, 0.2) is 0 Å². The van der Waals surface area contributed by atoms with Crippen LogP contribution in [-0.2, 0) is 13.1 Å². The number of hydrogen-bond acceptors (Lipinski definition) is 2. The van der Waals surface area contributed by atoms with Gasteiger partial charge in [0.25, 0.3) is 0 Å². The van der Waals surface area contributed by atoms with Crippen molar-refractivity contribution >= 4 is 0 Å². The number of rotatable bonds is 5. The monoisotopic (exact) mass is 360 g/mol. The third-order valence-electron chi connectivity index (χ3n) is 5.37. The average Bonchev–Trinajstić information content (AvgIpc) is 3.06. The van der Waals surface area contributed by atoms with Crippen LogP contribution in [0.2, 0.25) is 0 Å². The number of hydrogen-bond donors (Lipinski definition) is 0. The third-order valence-corrected chi connectivity index (χ3v) is 5.37. The number of fused-ring (bicyclic) bond motifs is 1. The Morgan fingerprint density at radius 3 is 2.48 bits per heavy atom. The van der Waals surface area contributed by atoms with E-state index in [1.165, 1.54) is 28.8 Å². The van der Waals surface area contributed by atoms with E-state index in [1.807, 2.05) is 6.92 Å². The summed E-state index contributed by atoms with van der Waals surface area (Å²) in [5.74, 6) is 0.940. The van der Waals surface area contributed by atoms with Gasteiger partial charge in [0, 0.05) is 31.5 Å². The predicted molar refractivity (Wildman–Crippen MR) is 110 cm³/mol. The highest BCUT2D eigenvalue weighted by Crippen LogP contribution is 2.33. The van der Waals surface area contributed by atoms with Crippen LogP contribution in [0.1, 0.15) is 41.8 Å². The van der Waals surface area contributed by atoms with Gasteiger partial charge in [0.05, 0.1) is 12.6 Å². The van der Waals surface area contributed by atoms with Gasteiger partial charge in [-0.25, -0.2) is 0 Å². The van der Waals surface area contributed by atoms with Gasteiger partial charge in [-0.2, -0.15) is 0 Å². The second-order valence-electron chi connectivity index (χ2n) is 7.34. The minimum Gasteiger partial charge on any atom is -0.494 e. The van der Waals surface area contributed by atoms with E-state index < -0.39 is 0 Å². The first-order valence-electron chi connectivity index (χ1n) is 9.92. The van der Waals surface area contributed by atoms with Crippen molar-refractivity contribution in [3.8, 4) is 5.75 Å². The molecule has 0 spiro atoms. The molecule has 0 radical (unpaired) electrons. The maximum Gasteiger partial charge on any atom is 0.119 e. The molecular formula is C24H28N2O. The lowest BCUT2D eigenvalue weighted by atomic mass is 10.0. The zero-order valence-corrected chi connectivity index (χ0v) is 16.3. The van der Waals surface area contributed by atoms with Crippen LogP contribution in [0.25, 0.3) is 0 Å². The number of aromatic nitrogens is 1. The van der Waals surface area contributed by atoms with Crippen molar-refractivity contribution in [2.24, 2.45) is 0 Å². The molecule has 0 amide bonds. The van der Waals surface area contributed by atoms with E-state index in [9.17, 15) is 0 Å². The summed E-state index contributed by atoms with van der Waals surface area (Å²) in [5.41, 5.74) is 5.39. The lowest BCUT2D eigenvalue weighted by Crippen LogP contribution is -2.29. The van der Waals surface area contributed by atoms with Crippen LogP contribution in [0.4, 0.5) is 0 Å². The van der Waals surface area contributed by atoms with Crippen LogP contribution in [-0.4, -0.2) is 22.6 Å². The van der Waals surface area contributed by atoms with E-state index in [0.29, 0.717) is 6.61 Å². The van der Waals surface area contributed by atoms with Crippen molar-refractivity contribution < 1.29 is 4.74 Å². The van der Waals surface area contributed by atoms with Crippen LogP contribution in [0.3, 0.4) is 0 Å². The molecule has 27 heavy (non-hydrogen) atoms. The predicted octanol–water partition coefficient (Wildman–Crippen LogP) is 5.19. The van der Waals surface area contributed by atoms with E-state index in [4.69, 9.17) is 4.74 Å². The topological polar surface area (TPSA) is 17.4 Å². The van der Waals surface area contributed by atoms with Crippen molar-refractivity contribution in [1.29, 1.82) is 0 Å². The molecule has 140 valence electrons. The highest BCUT2D eigenvalue weighted by Gasteiger charge is 2.27. The summed E-state index contributed by atoms with van der Waals surface area (Å²) in [6.45, 7) is 8.00. The highest BCUT2D eigenvalue weighted by molar-refractivity contribution is 5.35. The van der Waals surface area contributed by atoms with Gasteiger partial charge in [-0.15, -0.1) is 0 Å². The zero-order chi connectivity index (χ0) is 18.6. The third kappa shape index (κ3) is 3.93. The molecule has 4 rings (SSSR count). The highest BCUT2D eigenvalue weighted by atomic mass is 16.5. The molecule has 0 saturated heterocycles. The van der Waals surface area contributed by atoms with Gasteiger partial charge >= 0.3 is 0 Å². The largest absolute Gasteiger partial charge is 0.494 e. The summed E-state index contributed by atoms with van der Waals surface area (Å²) < 4.78 is 8.06. The Balaban J connectivity index is 1.68. The molecule has 0 bridgehead atoms. The Hall–Kier alpha value is -2.52. The van der Waals surface area contributed by atoms with Crippen LogP contribution >= 0.6 is 0 Å². The second-order valence-corrected chi connectivity index (χ2v) is 7.34. The van der Waals surface area contributed by atoms with Crippen molar-refractivity contribution in [1.82, 2.24) is 9.47 Å². The van der Waals surface area contributed by atoms with E-state index >= 15 is 0 Å². The Bertz CT molecular complexity index is 864. The Labute approximate surface area is 162 Å². The molecule has 0 aliphatic carbocycles. The van der Waals surface area contributed by atoms with Crippen LogP contribution in [0.15, 0.2) is 66.9 Å². The van der Waals surface area contributed by atoms with Gasteiger partial charge in [0.1, 0.15) is 5.75 Å². The molecule has 1 aliphatic heterocycles. The molecule has 1 aromatic heterocycles. The van der Waals surface area contributed by atoms with Crippen molar-refractivity contribution in [2.75, 3.05) is 13.2 Å². The molecule has 0 unspecified atom stereocenters. The maximum atomic E-state index is 5.64. The summed E-state index contributed by atoms with van der Waals surface area (Å²) in [4.78, 5) is 2.61. The summed E-state index contributed by atoms with van der Waals surface area (Å²) in [5, 5.41) is 0. The lowest BCUT2D eigenvalue weighted by Gasteiger charge is -2.31. The lowest BCUT2D eigenvalue weighted by molar-refractivity contribution is 0.220. The summed E-state index contributed by atoms with van der Waals surface area (Å²) >= 11 is 0. The summed E-state index contributed by atoms with van der Waals surface area (Å²) in [7, 11) is 0. The van der Waals surface area contributed by atoms with Gasteiger partial charge in [-0.05, 0) is 55.7 Å². The fourth-order valence-electron chi connectivity index (χ4n) is 4.03. The Morgan fingerprint density at radius 1 is 0.963 bits per heavy atom. The molecule has 3 nitrogen and oxygen atoms in total. The molecule has 1 aliphatic rings. The Kier molecular flexibility index (Phi) is 5.30. The van der Waals surface area contributed by atoms with Gasteiger partial charge < -0.3 is 9.30 Å².